The van der Waals surface area contributed by atoms with Crippen molar-refractivity contribution in [2.45, 2.75) is 72.4 Å². The first-order chi connectivity index (χ1) is 8.04. The maximum atomic E-state index is 12.4. The van der Waals surface area contributed by atoms with Gasteiger partial charge in [-0.1, -0.05) is 34.6 Å². The van der Waals surface area contributed by atoms with Gasteiger partial charge in [0.2, 0.25) is 5.91 Å². The lowest BCUT2D eigenvalue weighted by atomic mass is 9.75. The van der Waals surface area contributed by atoms with Crippen LogP contribution in [0.25, 0.3) is 0 Å². The molecule has 0 bridgehead atoms. The number of amides is 1. The normalized spacial score (nSPS) is 22.6. The fourth-order valence-electron chi connectivity index (χ4n) is 2.54. The highest BCUT2D eigenvalue weighted by molar-refractivity contribution is 5.82. The van der Waals surface area contributed by atoms with E-state index in [1.165, 1.54) is 12.8 Å². The molecule has 0 radical (unpaired) electrons. The molecular weight excluding hydrogens is 224 g/mol. The van der Waals surface area contributed by atoms with Crippen molar-refractivity contribution in [1.29, 1.82) is 0 Å². The van der Waals surface area contributed by atoms with E-state index in [1.54, 1.807) is 0 Å². The molecule has 3 nitrogen and oxygen atoms in total. The number of hydrogen-bond acceptors (Lipinski definition) is 2. The average molecular weight is 254 g/mol. The second-order valence-electron chi connectivity index (χ2n) is 7.69. The Morgan fingerprint density at radius 1 is 1.28 bits per heavy atom. The molecule has 1 rings (SSSR count). The fraction of sp³-hybridized carbons (Fsp3) is 0.933. The van der Waals surface area contributed by atoms with Gasteiger partial charge in [-0.3, -0.25) is 4.79 Å². The summed E-state index contributed by atoms with van der Waals surface area (Å²) in [6.45, 7) is 10.7. The fourth-order valence-corrected chi connectivity index (χ4v) is 2.54. The summed E-state index contributed by atoms with van der Waals surface area (Å²) >= 11 is 0. The summed E-state index contributed by atoms with van der Waals surface area (Å²) in [6.07, 6.45) is 4.60. The molecule has 0 spiro atoms. The number of rotatable bonds is 2. The Hall–Kier alpha value is -0.570. The van der Waals surface area contributed by atoms with Crippen molar-refractivity contribution in [2.75, 3.05) is 7.05 Å². The average Bonchev–Trinajstić information content (AvgIpc) is 2.25. The summed E-state index contributed by atoms with van der Waals surface area (Å²) in [5.74, 6) is 0.0900. The Labute approximate surface area is 112 Å². The van der Waals surface area contributed by atoms with E-state index < -0.39 is 6.04 Å². The molecule has 3 heteroatoms. The third-order valence-electron chi connectivity index (χ3n) is 4.40. The second kappa shape index (κ2) is 5.20. The van der Waals surface area contributed by atoms with Crippen LogP contribution in [0.5, 0.6) is 0 Å². The Morgan fingerprint density at radius 3 is 2.11 bits per heavy atom. The van der Waals surface area contributed by atoms with Gasteiger partial charge in [0.1, 0.15) is 0 Å². The highest BCUT2D eigenvalue weighted by Gasteiger charge is 2.35. The molecule has 0 aromatic rings. The van der Waals surface area contributed by atoms with Crippen LogP contribution in [-0.4, -0.2) is 29.9 Å². The summed E-state index contributed by atoms with van der Waals surface area (Å²) in [4.78, 5) is 14.2. The standard InChI is InChI=1S/C15H30N2O/c1-14(2,3)12(16)13(18)17(6)11-7-9-15(4,5)10-8-11/h11-12H,7-10,16H2,1-6H3. The molecule has 106 valence electrons. The number of carbonyl (C=O) groups is 1. The number of likely N-dealkylation sites (N-methyl/N-ethyl adjacent to an activating group) is 1. The zero-order valence-electron chi connectivity index (χ0n) is 12.9. The molecule has 1 atom stereocenters. The molecule has 1 saturated carbocycles. The van der Waals surface area contributed by atoms with Crippen molar-refractivity contribution >= 4 is 5.91 Å². The first kappa shape index (κ1) is 15.5. The Balaban J connectivity index is 2.61. The SMILES string of the molecule is CN(C(=O)C(N)C(C)(C)C)C1CCC(C)(C)CC1. The van der Waals surface area contributed by atoms with Gasteiger partial charge >= 0.3 is 0 Å². The third-order valence-corrected chi connectivity index (χ3v) is 4.40. The van der Waals surface area contributed by atoms with Crippen LogP contribution in [0.4, 0.5) is 0 Å². The Kier molecular flexibility index (Phi) is 4.47. The molecule has 1 fully saturated rings. The monoisotopic (exact) mass is 254 g/mol. The Morgan fingerprint density at radius 2 is 1.72 bits per heavy atom. The quantitative estimate of drug-likeness (QED) is 0.823. The molecule has 1 aliphatic carbocycles. The lowest BCUT2D eigenvalue weighted by molar-refractivity contribution is -0.136. The van der Waals surface area contributed by atoms with E-state index in [2.05, 4.69) is 13.8 Å². The summed E-state index contributed by atoms with van der Waals surface area (Å²) in [5.41, 5.74) is 6.33. The molecule has 0 aromatic heterocycles. The lowest BCUT2D eigenvalue weighted by Gasteiger charge is -2.40. The van der Waals surface area contributed by atoms with Gasteiger partial charge in [-0.25, -0.2) is 0 Å². The van der Waals surface area contributed by atoms with Crippen molar-refractivity contribution < 1.29 is 4.79 Å². The van der Waals surface area contributed by atoms with E-state index in [0.717, 1.165) is 12.8 Å². The van der Waals surface area contributed by atoms with E-state index in [9.17, 15) is 4.79 Å². The van der Waals surface area contributed by atoms with Crippen molar-refractivity contribution in [3.05, 3.63) is 0 Å². The molecule has 2 N–H and O–H groups in total. The van der Waals surface area contributed by atoms with Crippen LogP contribution in [0.3, 0.4) is 0 Å². The van der Waals surface area contributed by atoms with Crippen LogP contribution < -0.4 is 5.73 Å². The minimum Gasteiger partial charge on any atom is -0.341 e. The molecule has 1 amide bonds. The maximum Gasteiger partial charge on any atom is 0.240 e. The largest absolute Gasteiger partial charge is 0.341 e. The predicted octanol–water partition coefficient (Wildman–Crippen LogP) is 2.79. The summed E-state index contributed by atoms with van der Waals surface area (Å²) in [7, 11) is 1.91. The van der Waals surface area contributed by atoms with Crippen LogP contribution in [0.2, 0.25) is 0 Å². The van der Waals surface area contributed by atoms with Gasteiger partial charge in [0.25, 0.3) is 0 Å². The lowest BCUT2D eigenvalue weighted by Crippen LogP contribution is -2.52. The van der Waals surface area contributed by atoms with E-state index >= 15 is 0 Å². The number of nitrogens with zero attached hydrogens (tertiary/aromatic N) is 1. The van der Waals surface area contributed by atoms with Gasteiger partial charge in [0.05, 0.1) is 6.04 Å². The van der Waals surface area contributed by atoms with Gasteiger partial charge in [0.15, 0.2) is 0 Å². The molecule has 1 unspecified atom stereocenters. The maximum absolute atomic E-state index is 12.4. The van der Waals surface area contributed by atoms with Crippen molar-refractivity contribution in [2.24, 2.45) is 16.6 Å². The molecule has 0 saturated heterocycles. The topological polar surface area (TPSA) is 46.3 Å². The van der Waals surface area contributed by atoms with Gasteiger partial charge < -0.3 is 10.6 Å². The van der Waals surface area contributed by atoms with Crippen LogP contribution in [0.15, 0.2) is 0 Å². The van der Waals surface area contributed by atoms with Gasteiger partial charge in [0, 0.05) is 13.1 Å². The number of hydrogen-bond donors (Lipinski definition) is 1. The first-order valence-corrected chi connectivity index (χ1v) is 7.07. The van der Waals surface area contributed by atoms with Crippen LogP contribution >= 0.6 is 0 Å². The molecule has 1 aliphatic rings. The van der Waals surface area contributed by atoms with E-state index in [0.29, 0.717) is 11.5 Å². The summed E-state index contributed by atoms with van der Waals surface area (Å²) < 4.78 is 0. The second-order valence-corrected chi connectivity index (χ2v) is 7.69. The summed E-state index contributed by atoms with van der Waals surface area (Å²) in [5, 5.41) is 0. The van der Waals surface area contributed by atoms with E-state index in [-0.39, 0.29) is 11.3 Å². The molecule has 0 aromatic carbocycles. The minimum atomic E-state index is -0.405. The van der Waals surface area contributed by atoms with Gasteiger partial charge in [-0.2, -0.15) is 0 Å². The Bertz CT molecular complexity index is 294. The highest BCUT2D eigenvalue weighted by Crippen LogP contribution is 2.37. The van der Waals surface area contributed by atoms with E-state index in [4.69, 9.17) is 5.73 Å². The minimum absolute atomic E-state index is 0.0900. The van der Waals surface area contributed by atoms with E-state index in [1.807, 2.05) is 32.7 Å². The number of nitrogens with two attached hydrogens (primary N) is 1. The zero-order chi connectivity index (χ0) is 14.1. The smallest absolute Gasteiger partial charge is 0.240 e. The van der Waals surface area contributed by atoms with Crippen LogP contribution in [0, 0.1) is 10.8 Å². The van der Waals surface area contributed by atoms with Crippen molar-refractivity contribution in [1.82, 2.24) is 4.90 Å². The first-order valence-electron chi connectivity index (χ1n) is 7.07. The summed E-state index contributed by atoms with van der Waals surface area (Å²) in [6, 6.07) is -0.0311. The zero-order valence-corrected chi connectivity index (χ0v) is 12.9. The molecule has 18 heavy (non-hydrogen) atoms. The van der Waals surface area contributed by atoms with Gasteiger partial charge in [-0.05, 0) is 36.5 Å². The molecular formula is C15H30N2O. The van der Waals surface area contributed by atoms with Gasteiger partial charge in [-0.15, -0.1) is 0 Å². The number of carbonyl (C=O) groups excluding carboxylic acids is 1. The van der Waals surface area contributed by atoms with Crippen LogP contribution in [0.1, 0.15) is 60.3 Å². The van der Waals surface area contributed by atoms with Crippen molar-refractivity contribution in [3.8, 4) is 0 Å². The third kappa shape index (κ3) is 3.71. The van der Waals surface area contributed by atoms with Crippen molar-refractivity contribution in [3.63, 3.8) is 0 Å². The highest BCUT2D eigenvalue weighted by atomic mass is 16.2. The molecule has 0 heterocycles. The predicted molar refractivity (Wildman–Crippen MR) is 76.2 cm³/mol. The molecule has 0 aliphatic heterocycles. The van der Waals surface area contributed by atoms with Crippen LogP contribution in [-0.2, 0) is 4.79 Å².